The van der Waals surface area contributed by atoms with Crippen LogP contribution in [0.1, 0.15) is 5.56 Å². The van der Waals surface area contributed by atoms with Crippen LogP contribution in [0.3, 0.4) is 0 Å². The molecule has 0 unspecified atom stereocenters. The second-order valence-electron chi connectivity index (χ2n) is 5.01. The second kappa shape index (κ2) is 7.77. The highest BCUT2D eigenvalue weighted by Crippen LogP contribution is 2.16. The van der Waals surface area contributed by atoms with Crippen molar-refractivity contribution in [1.29, 1.82) is 0 Å². The van der Waals surface area contributed by atoms with E-state index in [0.29, 0.717) is 16.3 Å². The van der Waals surface area contributed by atoms with Gasteiger partial charge in [-0.25, -0.2) is 17.1 Å². The summed E-state index contributed by atoms with van der Waals surface area (Å²) in [5.74, 6) is -0.0842. The monoisotopic (exact) mass is 357 g/mol. The van der Waals surface area contributed by atoms with Gasteiger partial charge < -0.3 is 4.74 Å². The molecule has 0 N–H and O–H groups in total. The third-order valence-corrected chi connectivity index (χ3v) is 5.28. The molecule has 0 aliphatic heterocycles. The highest BCUT2D eigenvalue weighted by atomic mass is 35.5. The number of rotatable bonds is 7. The van der Waals surface area contributed by atoms with Crippen molar-refractivity contribution in [2.75, 3.05) is 20.2 Å². The Kier molecular flexibility index (Phi) is 5.98. The summed E-state index contributed by atoms with van der Waals surface area (Å²) < 4.78 is 44.3. The maximum atomic E-state index is 13.1. The molecule has 0 amide bonds. The molecule has 23 heavy (non-hydrogen) atoms. The van der Waals surface area contributed by atoms with Gasteiger partial charge >= 0.3 is 0 Å². The maximum absolute atomic E-state index is 13.1. The summed E-state index contributed by atoms with van der Waals surface area (Å²) in [6.07, 6.45) is 0. The fourth-order valence-electron chi connectivity index (χ4n) is 1.91. The van der Waals surface area contributed by atoms with Gasteiger partial charge in [-0.2, -0.15) is 0 Å². The van der Waals surface area contributed by atoms with Crippen molar-refractivity contribution in [3.63, 3.8) is 0 Å². The lowest BCUT2D eigenvalue weighted by Gasteiger charge is -2.17. The second-order valence-corrected chi connectivity index (χ2v) is 7.52. The molecule has 0 atom stereocenters. The summed E-state index contributed by atoms with van der Waals surface area (Å²) in [5, 5.41) is 0.604. The van der Waals surface area contributed by atoms with Crippen LogP contribution < -0.4 is 4.74 Å². The van der Waals surface area contributed by atoms with Crippen LogP contribution in [-0.4, -0.2) is 32.9 Å². The van der Waals surface area contributed by atoms with Crippen molar-refractivity contribution in [3.8, 4) is 5.75 Å². The van der Waals surface area contributed by atoms with E-state index in [1.807, 2.05) is 0 Å². The van der Waals surface area contributed by atoms with Crippen LogP contribution >= 0.6 is 11.6 Å². The van der Waals surface area contributed by atoms with Gasteiger partial charge in [0.1, 0.15) is 18.2 Å². The van der Waals surface area contributed by atoms with E-state index in [4.69, 9.17) is 16.3 Å². The first-order chi connectivity index (χ1) is 10.9. The predicted molar refractivity (Wildman–Crippen MR) is 88.6 cm³/mol. The van der Waals surface area contributed by atoms with E-state index in [9.17, 15) is 12.8 Å². The van der Waals surface area contributed by atoms with Crippen molar-refractivity contribution < 1.29 is 17.5 Å². The fraction of sp³-hybridized carbons (Fsp3) is 0.250. The normalized spacial score (nSPS) is 11.7. The average Bonchev–Trinajstić information content (AvgIpc) is 2.48. The highest BCUT2D eigenvalue weighted by molar-refractivity contribution is 7.88. The molecule has 0 heterocycles. The van der Waals surface area contributed by atoms with E-state index in [-0.39, 0.29) is 18.9 Å². The Labute approximate surface area is 140 Å². The minimum Gasteiger partial charge on any atom is -0.492 e. The molecule has 0 bridgehead atoms. The third kappa shape index (κ3) is 5.49. The summed E-state index contributed by atoms with van der Waals surface area (Å²) in [5.41, 5.74) is 0.412. The molecule has 124 valence electrons. The summed E-state index contributed by atoms with van der Waals surface area (Å²) in [6, 6.07) is 12.4. The average molecular weight is 358 g/mol. The SMILES string of the molecule is CN(CCOc1ccc(Cl)cc1)S(=O)(=O)Cc1cccc(F)c1. The van der Waals surface area contributed by atoms with Crippen molar-refractivity contribution in [2.24, 2.45) is 0 Å². The minimum atomic E-state index is -3.53. The molecule has 0 radical (unpaired) electrons. The van der Waals surface area contributed by atoms with Gasteiger partial charge in [0.2, 0.25) is 10.0 Å². The van der Waals surface area contributed by atoms with E-state index < -0.39 is 15.8 Å². The van der Waals surface area contributed by atoms with Gasteiger partial charge in [0.15, 0.2) is 0 Å². The first-order valence-corrected chi connectivity index (χ1v) is 8.92. The number of likely N-dealkylation sites (N-methyl/N-ethyl adjacent to an activating group) is 1. The lowest BCUT2D eigenvalue weighted by atomic mass is 10.2. The molecule has 0 fully saturated rings. The van der Waals surface area contributed by atoms with Gasteiger partial charge in [0.25, 0.3) is 0 Å². The predicted octanol–water partition coefficient (Wildman–Crippen LogP) is 3.32. The zero-order valence-electron chi connectivity index (χ0n) is 12.6. The summed E-state index contributed by atoms with van der Waals surface area (Å²) in [6.45, 7) is 0.404. The van der Waals surface area contributed by atoms with Gasteiger partial charge in [0.05, 0.1) is 5.75 Å². The van der Waals surface area contributed by atoms with Crippen molar-refractivity contribution >= 4 is 21.6 Å². The van der Waals surface area contributed by atoms with Gasteiger partial charge in [0, 0.05) is 18.6 Å². The molecular weight excluding hydrogens is 341 g/mol. The lowest BCUT2D eigenvalue weighted by molar-refractivity contribution is 0.287. The van der Waals surface area contributed by atoms with Crippen LogP contribution in [-0.2, 0) is 15.8 Å². The Balaban J connectivity index is 1.88. The Morgan fingerprint density at radius 2 is 1.87 bits per heavy atom. The largest absolute Gasteiger partial charge is 0.492 e. The van der Waals surface area contributed by atoms with Crippen LogP contribution in [0, 0.1) is 5.82 Å². The number of hydrogen-bond donors (Lipinski definition) is 0. The van der Waals surface area contributed by atoms with Crippen LogP contribution in [0.15, 0.2) is 48.5 Å². The van der Waals surface area contributed by atoms with E-state index in [0.717, 1.165) is 0 Å². The number of nitrogens with zero attached hydrogens (tertiary/aromatic N) is 1. The fourth-order valence-corrected chi connectivity index (χ4v) is 3.21. The molecule has 0 aliphatic carbocycles. The van der Waals surface area contributed by atoms with Crippen LogP contribution in [0.25, 0.3) is 0 Å². The molecule has 0 aromatic heterocycles. The zero-order chi connectivity index (χ0) is 16.9. The van der Waals surface area contributed by atoms with Crippen molar-refractivity contribution in [1.82, 2.24) is 4.31 Å². The minimum absolute atomic E-state index is 0.195. The Morgan fingerprint density at radius 3 is 2.52 bits per heavy atom. The Morgan fingerprint density at radius 1 is 1.17 bits per heavy atom. The van der Waals surface area contributed by atoms with Crippen LogP contribution in [0.5, 0.6) is 5.75 Å². The number of ether oxygens (including phenoxy) is 1. The maximum Gasteiger partial charge on any atom is 0.218 e. The van der Waals surface area contributed by atoms with E-state index >= 15 is 0 Å². The molecule has 0 saturated carbocycles. The number of halogens is 2. The highest BCUT2D eigenvalue weighted by Gasteiger charge is 2.18. The molecule has 0 aliphatic rings. The summed E-state index contributed by atoms with van der Waals surface area (Å²) in [4.78, 5) is 0. The number of sulfonamides is 1. The van der Waals surface area contributed by atoms with Crippen molar-refractivity contribution in [2.45, 2.75) is 5.75 Å². The van der Waals surface area contributed by atoms with E-state index in [1.54, 1.807) is 30.3 Å². The molecule has 7 heteroatoms. The quantitative estimate of drug-likeness (QED) is 0.763. The van der Waals surface area contributed by atoms with Crippen LogP contribution in [0.4, 0.5) is 4.39 Å². The first kappa shape index (κ1) is 17.7. The molecule has 0 spiro atoms. The zero-order valence-corrected chi connectivity index (χ0v) is 14.1. The van der Waals surface area contributed by atoms with Crippen LogP contribution in [0.2, 0.25) is 5.02 Å². The smallest absolute Gasteiger partial charge is 0.218 e. The molecular formula is C16H17ClFNO3S. The van der Waals surface area contributed by atoms with Gasteiger partial charge in [-0.15, -0.1) is 0 Å². The van der Waals surface area contributed by atoms with Crippen molar-refractivity contribution in [3.05, 3.63) is 64.9 Å². The van der Waals surface area contributed by atoms with E-state index in [1.165, 1.54) is 29.6 Å². The summed E-state index contributed by atoms with van der Waals surface area (Å²) in [7, 11) is -2.05. The Hall–Kier alpha value is -1.63. The van der Waals surface area contributed by atoms with Gasteiger partial charge in [-0.3, -0.25) is 0 Å². The Bertz CT molecular complexity index is 750. The number of hydrogen-bond acceptors (Lipinski definition) is 3. The van der Waals surface area contributed by atoms with Gasteiger partial charge in [-0.05, 0) is 42.0 Å². The van der Waals surface area contributed by atoms with E-state index in [2.05, 4.69) is 0 Å². The molecule has 2 aromatic rings. The molecule has 0 saturated heterocycles. The van der Waals surface area contributed by atoms with Gasteiger partial charge in [-0.1, -0.05) is 23.7 Å². The molecule has 2 aromatic carbocycles. The topological polar surface area (TPSA) is 46.6 Å². The lowest BCUT2D eigenvalue weighted by Crippen LogP contribution is -2.32. The molecule has 2 rings (SSSR count). The third-order valence-electron chi connectivity index (χ3n) is 3.20. The molecule has 4 nitrogen and oxygen atoms in total. The standard InChI is InChI=1S/C16H17ClFNO3S/c1-19(9-10-22-16-7-5-14(17)6-8-16)23(20,21)12-13-3-2-4-15(18)11-13/h2-8,11H,9-10,12H2,1H3. The number of benzene rings is 2. The first-order valence-electron chi connectivity index (χ1n) is 6.94. The summed E-state index contributed by atoms with van der Waals surface area (Å²) >= 11 is 5.77.